The normalized spacial score (nSPS) is 11.8. The van der Waals surface area contributed by atoms with Crippen molar-refractivity contribution in [3.8, 4) is 11.1 Å². The molecular weight excluding hydrogens is 308 g/mol. The number of aromatic nitrogens is 3. The molecule has 7 nitrogen and oxygen atoms in total. The van der Waals surface area contributed by atoms with Crippen molar-refractivity contribution in [1.82, 2.24) is 14.8 Å². The molecule has 0 radical (unpaired) electrons. The highest BCUT2D eigenvalue weighted by atomic mass is 16.6. The van der Waals surface area contributed by atoms with Crippen LogP contribution in [0.25, 0.3) is 11.1 Å². The molecule has 3 aromatic rings. The summed E-state index contributed by atoms with van der Waals surface area (Å²) in [6.07, 6.45) is 2.00. The standard InChI is InChI=1S/C17H12N4O3/c22-16(9-20-10-18-17(19-20)21(23)24)12-5-6-15-13(8-12)7-11-3-1-2-4-14(11)15/h1-6,8,10H,7,9H2. The molecule has 24 heavy (non-hydrogen) atoms. The van der Waals surface area contributed by atoms with Gasteiger partial charge in [0, 0.05) is 10.7 Å². The Hall–Kier alpha value is -3.35. The third-order valence-corrected chi connectivity index (χ3v) is 4.11. The summed E-state index contributed by atoms with van der Waals surface area (Å²) in [5.74, 6) is -0.666. The molecule has 0 bridgehead atoms. The third kappa shape index (κ3) is 2.36. The Balaban J connectivity index is 1.58. The van der Waals surface area contributed by atoms with E-state index in [0.717, 1.165) is 17.5 Å². The highest BCUT2D eigenvalue weighted by Crippen LogP contribution is 2.36. The lowest BCUT2D eigenvalue weighted by molar-refractivity contribution is -0.394. The number of rotatable bonds is 4. The van der Waals surface area contributed by atoms with Crippen molar-refractivity contribution in [3.05, 3.63) is 75.6 Å². The molecule has 0 aliphatic heterocycles. The van der Waals surface area contributed by atoms with Crippen molar-refractivity contribution in [2.24, 2.45) is 0 Å². The Labute approximate surface area is 136 Å². The number of nitro groups is 1. The molecule has 0 unspecified atom stereocenters. The maximum atomic E-state index is 12.4. The van der Waals surface area contributed by atoms with Crippen LogP contribution in [0.4, 0.5) is 5.95 Å². The van der Waals surface area contributed by atoms with E-state index in [0.29, 0.717) is 5.56 Å². The number of hydrogen-bond acceptors (Lipinski definition) is 5. The van der Waals surface area contributed by atoms with E-state index >= 15 is 0 Å². The SMILES string of the molecule is O=C(Cn1cnc([N+](=O)[O-])n1)c1ccc2c(c1)Cc1ccccc1-2. The smallest absolute Gasteiger partial charge is 0.390 e. The molecule has 0 N–H and O–H groups in total. The molecule has 1 heterocycles. The number of benzene rings is 2. The van der Waals surface area contributed by atoms with Gasteiger partial charge in [0.1, 0.15) is 6.54 Å². The topological polar surface area (TPSA) is 90.9 Å². The first-order valence-corrected chi connectivity index (χ1v) is 7.40. The first-order chi connectivity index (χ1) is 11.6. The molecule has 7 heteroatoms. The van der Waals surface area contributed by atoms with Crippen LogP contribution in [0.15, 0.2) is 48.8 Å². The van der Waals surface area contributed by atoms with Gasteiger partial charge in [-0.2, -0.15) is 4.68 Å². The van der Waals surface area contributed by atoms with Gasteiger partial charge in [-0.3, -0.25) is 4.79 Å². The van der Waals surface area contributed by atoms with E-state index < -0.39 is 10.9 Å². The van der Waals surface area contributed by atoms with Gasteiger partial charge in [-0.25, -0.2) is 0 Å². The van der Waals surface area contributed by atoms with E-state index in [-0.39, 0.29) is 12.3 Å². The molecular formula is C17H12N4O3. The Morgan fingerprint density at radius 1 is 1.17 bits per heavy atom. The first kappa shape index (κ1) is 14.3. The monoisotopic (exact) mass is 320 g/mol. The van der Waals surface area contributed by atoms with Crippen molar-refractivity contribution in [1.29, 1.82) is 0 Å². The second-order valence-electron chi connectivity index (χ2n) is 5.63. The van der Waals surface area contributed by atoms with E-state index in [2.05, 4.69) is 22.2 Å². The summed E-state index contributed by atoms with van der Waals surface area (Å²) in [5.41, 5.74) is 5.30. The van der Waals surface area contributed by atoms with Gasteiger partial charge in [-0.1, -0.05) is 41.4 Å². The molecule has 118 valence electrons. The van der Waals surface area contributed by atoms with Crippen LogP contribution in [0.1, 0.15) is 21.5 Å². The fraction of sp³-hybridized carbons (Fsp3) is 0.118. The maximum Gasteiger partial charge on any atom is 0.490 e. The second kappa shape index (κ2) is 5.38. The lowest BCUT2D eigenvalue weighted by atomic mass is 10.0. The predicted molar refractivity (Wildman–Crippen MR) is 85.7 cm³/mol. The quantitative estimate of drug-likeness (QED) is 0.327. The van der Waals surface area contributed by atoms with Crippen LogP contribution >= 0.6 is 0 Å². The van der Waals surface area contributed by atoms with E-state index in [1.165, 1.54) is 22.1 Å². The van der Waals surface area contributed by atoms with Crippen molar-refractivity contribution in [2.75, 3.05) is 0 Å². The fourth-order valence-corrected chi connectivity index (χ4v) is 3.00. The summed E-state index contributed by atoms with van der Waals surface area (Å²) < 4.78 is 1.18. The van der Waals surface area contributed by atoms with E-state index in [4.69, 9.17) is 0 Å². The van der Waals surface area contributed by atoms with Crippen LogP contribution in [0.2, 0.25) is 0 Å². The van der Waals surface area contributed by atoms with Crippen LogP contribution in [0, 0.1) is 10.1 Å². The van der Waals surface area contributed by atoms with Crippen LogP contribution in [-0.4, -0.2) is 25.5 Å². The highest BCUT2D eigenvalue weighted by molar-refractivity contribution is 5.97. The molecule has 0 fully saturated rings. The minimum atomic E-state index is -0.687. The zero-order chi connectivity index (χ0) is 16.7. The molecule has 1 aliphatic carbocycles. The summed E-state index contributed by atoms with van der Waals surface area (Å²) in [4.78, 5) is 25.9. The van der Waals surface area contributed by atoms with Gasteiger partial charge in [0.15, 0.2) is 5.78 Å². The number of nitrogens with zero attached hydrogens (tertiary/aromatic N) is 4. The lowest BCUT2D eigenvalue weighted by Gasteiger charge is -2.04. The lowest BCUT2D eigenvalue weighted by Crippen LogP contribution is -2.11. The summed E-state index contributed by atoms with van der Waals surface area (Å²) in [7, 11) is 0. The number of hydrogen-bond donors (Lipinski definition) is 0. The third-order valence-electron chi connectivity index (χ3n) is 4.11. The average molecular weight is 320 g/mol. The van der Waals surface area contributed by atoms with Crippen molar-refractivity contribution in [2.45, 2.75) is 13.0 Å². The number of carbonyl (C=O) groups is 1. The van der Waals surface area contributed by atoms with E-state index in [1.54, 1.807) is 6.07 Å². The van der Waals surface area contributed by atoms with Gasteiger partial charge in [0.2, 0.25) is 6.33 Å². The Morgan fingerprint density at radius 3 is 2.75 bits per heavy atom. The van der Waals surface area contributed by atoms with E-state index in [9.17, 15) is 14.9 Å². The van der Waals surface area contributed by atoms with Crippen LogP contribution < -0.4 is 0 Å². The first-order valence-electron chi connectivity index (χ1n) is 7.40. The number of carbonyl (C=O) groups excluding carboxylic acids is 1. The Morgan fingerprint density at radius 2 is 1.96 bits per heavy atom. The van der Waals surface area contributed by atoms with Crippen LogP contribution in [0.3, 0.4) is 0 Å². The second-order valence-corrected chi connectivity index (χ2v) is 5.63. The van der Waals surface area contributed by atoms with Crippen molar-refractivity contribution in [3.63, 3.8) is 0 Å². The van der Waals surface area contributed by atoms with Crippen LogP contribution in [-0.2, 0) is 13.0 Å². The van der Waals surface area contributed by atoms with Crippen molar-refractivity contribution < 1.29 is 9.72 Å². The Bertz CT molecular complexity index is 977. The minimum absolute atomic E-state index is 0.0768. The summed E-state index contributed by atoms with van der Waals surface area (Å²) >= 11 is 0. The molecule has 0 saturated heterocycles. The molecule has 1 aliphatic rings. The largest absolute Gasteiger partial charge is 0.490 e. The van der Waals surface area contributed by atoms with Gasteiger partial charge >= 0.3 is 5.95 Å². The highest BCUT2D eigenvalue weighted by Gasteiger charge is 2.20. The Kier molecular flexibility index (Phi) is 3.19. The number of fused-ring (bicyclic) bond motifs is 3. The summed E-state index contributed by atoms with van der Waals surface area (Å²) in [6.45, 7) is -0.0768. The molecule has 2 aromatic carbocycles. The molecule has 0 saturated carbocycles. The van der Waals surface area contributed by atoms with Gasteiger partial charge in [0.05, 0.1) is 0 Å². The van der Waals surface area contributed by atoms with Gasteiger partial charge < -0.3 is 10.1 Å². The molecule has 1 aromatic heterocycles. The molecule has 0 spiro atoms. The minimum Gasteiger partial charge on any atom is -0.390 e. The number of ketones is 1. The molecule has 0 atom stereocenters. The summed E-state index contributed by atoms with van der Waals surface area (Å²) in [6, 6.07) is 13.8. The zero-order valence-electron chi connectivity index (χ0n) is 12.5. The predicted octanol–water partition coefficient (Wildman–Crippen LogP) is 2.64. The molecule has 0 amide bonds. The van der Waals surface area contributed by atoms with Crippen LogP contribution in [0.5, 0.6) is 0 Å². The fourth-order valence-electron chi connectivity index (χ4n) is 3.00. The van der Waals surface area contributed by atoms with Gasteiger partial charge in [0.25, 0.3) is 0 Å². The molecule has 4 rings (SSSR count). The zero-order valence-corrected chi connectivity index (χ0v) is 12.5. The van der Waals surface area contributed by atoms with Crippen molar-refractivity contribution >= 4 is 11.7 Å². The van der Waals surface area contributed by atoms with Gasteiger partial charge in [-0.15, -0.1) is 0 Å². The number of Topliss-reactive ketones (excluding diaryl/α,β-unsaturated/α-hetero) is 1. The average Bonchev–Trinajstić information content (AvgIpc) is 3.18. The maximum absolute atomic E-state index is 12.4. The summed E-state index contributed by atoms with van der Waals surface area (Å²) in [5, 5.41) is 14.3. The van der Waals surface area contributed by atoms with E-state index in [1.807, 2.05) is 24.3 Å². The van der Waals surface area contributed by atoms with Gasteiger partial charge in [-0.05, 0) is 39.7 Å².